The minimum absolute atomic E-state index is 0.140. The quantitative estimate of drug-likeness (QED) is 0.761. The van der Waals surface area contributed by atoms with E-state index in [0.29, 0.717) is 6.42 Å². The monoisotopic (exact) mass is 189 g/mol. The van der Waals surface area contributed by atoms with E-state index in [0.717, 1.165) is 18.5 Å². The molecule has 74 valence electrons. The SMILES string of the molecule is CCCc1ccc2c(c1)CCC(=O)N2. The van der Waals surface area contributed by atoms with Crippen LogP contribution in [0.4, 0.5) is 5.69 Å². The molecule has 2 heteroatoms. The van der Waals surface area contributed by atoms with Crippen LogP contribution in [0.2, 0.25) is 0 Å². The van der Waals surface area contributed by atoms with Gasteiger partial charge in [0.15, 0.2) is 0 Å². The van der Waals surface area contributed by atoms with Crippen LogP contribution in [-0.4, -0.2) is 5.91 Å². The minimum Gasteiger partial charge on any atom is -0.326 e. The zero-order valence-corrected chi connectivity index (χ0v) is 8.47. The average Bonchev–Trinajstić information content (AvgIpc) is 2.19. The van der Waals surface area contributed by atoms with Crippen LogP contribution in [0.15, 0.2) is 18.2 Å². The number of rotatable bonds is 2. The molecule has 1 aliphatic heterocycles. The van der Waals surface area contributed by atoms with E-state index >= 15 is 0 Å². The molecule has 0 spiro atoms. The maximum absolute atomic E-state index is 11.1. The maximum Gasteiger partial charge on any atom is 0.224 e. The van der Waals surface area contributed by atoms with Gasteiger partial charge in [-0.1, -0.05) is 25.5 Å². The van der Waals surface area contributed by atoms with Gasteiger partial charge < -0.3 is 5.32 Å². The molecule has 1 aromatic rings. The number of carbonyl (C=O) groups is 1. The number of anilines is 1. The highest BCUT2D eigenvalue weighted by atomic mass is 16.1. The van der Waals surface area contributed by atoms with Crippen molar-refractivity contribution in [1.29, 1.82) is 0 Å². The van der Waals surface area contributed by atoms with E-state index in [1.165, 1.54) is 17.5 Å². The van der Waals surface area contributed by atoms with E-state index in [1.54, 1.807) is 0 Å². The summed E-state index contributed by atoms with van der Waals surface area (Å²) in [5.41, 5.74) is 3.67. The van der Waals surface area contributed by atoms with Crippen molar-refractivity contribution in [3.63, 3.8) is 0 Å². The Kier molecular flexibility index (Phi) is 2.53. The zero-order chi connectivity index (χ0) is 9.97. The number of hydrogen-bond donors (Lipinski definition) is 1. The van der Waals surface area contributed by atoms with Crippen LogP contribution < -0.4 is 5.32 Å². The van der Waals surface area contributed by atoms with Gasteiger partial charge in [0.05, 0.1) is 0 Å². The molecule has 0 bridgehead atoms. The first-order valence-electron chi connectivity index (χ1n) is 5.21. The summed E-state index contributed by atoms with van der Waals surface area (Å²) in [5.74, 6) is 0.140. The van der Waals surface area contributed by atoms with E-state index in [4.69, 9.17) is 0 Å². The fourth-order valence-corrected chi connectivity index (χ4v) is 1.88. The second-order valence-electron chi connectivity index (χ2n) is 3.79. The molecule has 0 aromatic heterocycles. The molecule has 1 amide bonds. The van der Waals surface area contributed by atoms with Gasteiger partial charge in [-0.15, -0.1) is 0 Å². The summed E-state index contributed by atoms with van der Waals surface area (Å²) >= 11 is 0. The number of fused-ring (bicyclic) bond motifs is 1. The normalized spacial score (nSPS) is 14.8. The summed E-state index contributed by atoms with van der Waals surface area (Å²) in [6.45, 7) is 2.18. The summed E-state index contributed by atoms with van der Waals surface area (Å²) in [7, 11) is 0. The van der Waals surface area contributed by atoms with Crippen LogP contribution in [0.5, 0.6) is 0 Å². The standard InChI is InChI=1S/C12H15NO/c1-2-3-9-4-6-11-10(8-9)5-7-12(14)13-11/h4,6,8H,2-3,5,7H2,1H3,(H,13,14). The molecular formula is C12H15NO. The summed E-state index contributed by atoms with van der Waals surface area (Å²) in [6, 6.07) is 6.35. The topological polar surface area (TPSA) is 29.1 Å². The second-order valence-corrected chi connectivity index (χ2v) is 3.79. The molecule has 14 heavy (non-hydrogen) atoms. The minimum atomic E-state index is 0.140. The third-order valence-electron chi connectivity index (χ3n) is 2.60. The van der Waals surface area contributed by atoms with Gasteiger partial charge in [0, 0.05) is 12.1 Å². The lowest BCUT2D eigenvalue weighted by Gasteiger charge is -2.17. The van der Waals surface area contributed by atoms with Gasteiger partial charge in [-0.3, -0.25) is 4.79 Å². The average molecular weight is 189 g/mol. The maximum atomic E-state index is 11.1. The van der Waals surface area contributed by atoms with E-state index in [9.17, 15) is 4.79 Å². The number of aryl methyl sites for hydroxylation is 2. The van der Waals surface area contributed by atoms with E-state index in [2.05, 4.69) is 24.4 Å². The molecule has 1 aromatic carbocycles. The van der Waals surface area contributed by atoms with Crippen LogP contribution in [0, 0.1) is 0 Å². The highest BCUT2D eigenvalue weighted by molar-refractivity contribution is 5.93. The van der Waals surface area contributed by atoms with Crippen molar-refractivity contribution < 1.29 is 4.79 Å². The van der Waals surface area contributed by atoms with Gasteiger partial charge in [0.2, 0.25) is 5.91 Å². The summed E-state index contributed by atoms with van der Waals surface area (Å²) in [4.78, 5) is 11.1. The van der Waals surface area contributed by atoms with Crippen molar-refractivity contribution in [1.82, 2.24) is 0 Å². The fourth-order valence-electron chi connectivity index (χ4n) is 1.88. The van der Waals surface area contributed by atoms with Crippen molar-refractivity contribution in [3.05, 3.63) is 29.3 Å². The van der Waals surface area contributed by atoms with E-state index in [-0.39, 0.29) is 5.91 Å². The molecule has 0 atom stereocenters. The first-order valence-corrected chi connectivity index (χ1v) is 5.21. The summed E-state index contributed by atoms with van der Waals surface area (Å²) < 4.78 is 0. The van der Waals surface area contributed by atoms with Gasteiger partial charge in [-0.05, 0) is 30.0 Å². The van der Waals surface area contributed by atoms with Gasteiger partial charge in [-0.2, -0.15) is 0 Å². The van der Waals surface area contributed by atoms with E-state index < -0.39 is 0 Å². The molecule has 1 heterocycles. The Labute approximate surface area is 84.3 Å². The molecule has 0 aliphatic carbocycles. The number of amides is 1. The Balaban J connectivity index is 2.26. The van der Waals surface area contributed by atoms with Crippen molar-refractivity contribution in [2.75, 3.05) is 5.32 Å². The van der Waals surface area contributed by atoms with E-state index in [1.807, 2.05) is 6.07 Å². The van der Waals surface area contributed by atoms with Crippen LogP contribution >= 0.6 is 0 Å². The number of hydrogen-bond acceptors (Lipinski definition) is 1. The Morgan fingerprint density at radius 3 is 3.00 bits per heavy atom. The third-order valence-corrected chi connectivity index (χ3v) is 2.60. The Bertz CT molecular complexity index is 357. The van der Waals surface area contributed by atoms with Gasteiger partial charge in [-0.25, -0.2) is 0 Å². The first-order chi connectivity index (χ1) is 6.79. The number of benzene rings is 1. The summed E-state index contributed by atoms with van der Waals surface area (Å²) in [6.07, 6.45) is 3.81. The van der Waals surface area contributed by atoms with Crippen LogP contribution in [-0.2, 0) is 17.6 Å². The molecule has 0 unspecified atom stereocenters. The van der Waals surface area contributed by atoms with Crippen molar-refractivity contribution >= 4 is 11.6 Å². The molecular weight excluding hydrogens is 174 g/mol. The molecule has 2 rings (SSSR count). The van der Waals surface area contributed by atoms with Gasteiger partial charge in [0.25, 0.3) is 0 Å². The molecule has 0 radical (unpaired) electrons. The largest absolute Gasteiger partial charge is 0.326 e. The highest BCUT2D eigenvalue weighted by Gasteiger charge is 2.14. The lowest BCUT2D eigenvalue weighted by atomic mass is 9.99. The van der Waals surface area contributed by atoms with Crippen LogP contribution in [0.1, 0.15) is 30.9 Å². The Hall–Kier alpha value is -1.31. The third kappa shape index (κ3) is 1.79. The highest BCUT2D eigenvalue weighted by Crippen LogP contribution is 2.23. The predicted octanol–water partition coefficient (Wildman–Crippen LogP) is 2.52. The molecule has 0 saturated heterocycles. The number of nitrogens with one attached hydrogen (secondary N) is 1. The molecule has 0 saturated carbocycles. The Morgan fingerprint density at radius 1 is 1.36 bits per heavy atom. The van der Waals surface area contributed by atoms with Crippen molar-refractivity contribution in [3.8, 4) is 0 Å². The van der Waals surface area contributed by atoms with Gasteiger partial charge in [0.1, 0.15) is 0 Å². The molecule has 2 nitrogen and oxygen atoms in total. The van der Waals surface area contributed by atoms with Gasteiger partial charge >= 0.3 is 0 Å². The fraction of sp³-hybridized carbons (Fsp3) is 0.417. The lowest BCUT2D eigenvalue weighted by Crippen LogP contribution is -2.18. The molecule has 1 aliphatic rings. The van der Waals surface area contributed by atoms with Crippen LogP contribution in [0.25, 0.3) is 0 Å². The van der Waals surface area contributed by atoms with Crippen LogP contribution in [0.3, 0.4) is 0 Å². The molecule has 1 N–H and O–H groups in total. The molecule has 0 fully saturated rings. The second kappa shape index (κ2) is 3.82. The first kappa shape index (κ1) is 9.25. The number of carbonyl (C=O) groups excluding carboxylic acids is 1. The zero-order valence-electron chi connectivity index (χ0n) is 8.47. The van der Waals surface area contributed by atoms with Crippen molar-refractivity contribution in [2.45, 2.75) is 32.6 Å². The predicted molar refractivity (Wildman–Crippen MR) is 57.4 cm³/mol. The lowest BCUT2D eigenvalue weighted by molar-refractivity contribution is -0.116. The Morgan fingerprint density at radius 2 is 2.21 bits per heavy atom. The smallest absolute Gasteiger partial charge is 0.224 e. The summed E-state index contributed by atoms with van der Waals surface area (Å²) in [5, 5.41) is 2.89. The van der Waals surface area contributed by atoms with Crippen molar-refractivity contribution in [2.24, 2.45) is 0 Å².